The lowest BCUT2D eigenvalue weighted by Gasteiger charge is -2.25. The van der Waals surface area contributed by atoms with Gasteiger partial charge in [-0.2, -0.15) is 4.31 Å². The third-order valence-electron chi connectivity index (χ3n) is 5.76. The number of anilines is 1. The van der Waals surface area contributed by atoms with Gasteiger partial charge >= 0.3 is 11.6 Å². The fourth-order valence-electron chi connectivity index (χ4n) is 4.04. The van der Waals surface area contributed by atoms with Gasteiger partial charge in [-0.3, -0.25) is 9.59 Å². The Morgan fingerprint density at radius 2 is 1.74 bits per heavy atom. The van der Waals surface area contributed by atoms with Crippen LogP contribution in [0.25, 0.3) is 11.0 Å². The van der Waals surface area contributed by atoms with Crippen molar-refractivity contribution in [3.8, 4) is 0 Å². The second-order valence-electron chi connectivity index (χ2n) is 8.43. The van der Waals surface area contributed by atoms with E-state index in [9.17, 15) is 22.8 Å². The molecule has 1 saturated heterocycles. The first kappa shape index (κ1) is 24.6. The molecule has 4 rings (SSSR count). The lowest BCUT2D eigenvalue weighted by atomic mass is 10.1. The summed E-state index contributed by atoms with van der Waals surface area (Å²) in [5.74, 6) is -0.776. The van der Waals surface area contributed by atoms with Crippen LogP contribution in [0.1, 0.15) is 37.3 Å². The summed E-state index contributed by atoms with van der Waals surface area (Å²) in [4.78, 5) is 35.8. The van der Waals surface area contributed by atoms with Crippen molar-refractivity contribution < 1.29 is 27.2 Å². The first-order chi connectivity index (χ1) is 16.7. The summed E-state index contributed by atoms with van der Waals surface area (Å²) in [7, 11) is -3.53. The number of carbonyl (C=O) groups excluding carboxylic acids is 2. The molecule has 0 saturated carbocycles. The van der Waals surface area contributed by atoms with E-state index in [4.69, 9.17) is 9.15 Å². The van der Waals surface area contributed by atoms with E-state index < -0.39 is 21.6 Å². The number of rotatable bonds is 7. The summed E-state index contributed by atoms with van der Waals surface area (Å²) < 4.78 is 37.6. The van der Waals surface area contributed by atoms with Gasteiger partial charge in [0, 0.05) is 48.8 Å². The van der Waals surface area contributed by atoms with Crippen LogP contribution in [0.2, 0.25) is 0 Å². The lowest BCUT2D eigenvalue weighted by Crippen LogP contribution is -2.35. The first-order valence-electron chi connectivity index (χ1n) is 11.3. The number of carbonyl (C=O) groups is 2. The van der Waals surface area contributed by atoms with Gasteiger partial charge in [-0.15, -0.1) is 0 Å². The minimum Gasteiger partial charge on any atom is -0.461 e. The molecule has 1 aliphatic rings. The highest BCUT2D eigenvalue weighted by Crippen LogP contribution is 2.23. The van der Waals surface area contributed by atoms with Crippen LogP contribution in [0.5, 0.6) is 0 Å². The average Bonchev–Trinajstić information content (AvgIpc) is 2.83. The van der Waals surface area contributed by atoms with E-state index in [1.165, 1.54) is 35.5 Å². The number of hydrogen-bond acceptors (Lipinski definition) is 7. The standard InChI is InChI=1S/C25H26N2O7S/c1-17(28)26-20-7-10-22-19(14-25(30)34-23(22)15-20)16-33-24(29)13-18-5-8-21(9-6-18)35(31,32)27-11-3-2-4-12-27/h5-10,14-15H,2-4,11-13,16H2,1H3,(H,26,28). The highest BCUT2D eigenvalue weighted by atomic mass is 32.2. The zero-order chi connectivity index (χ0) is 25.0. The van der Waals surface area contributed by atoms with Crippen LogP contribution in [-0.2, 0) is 37.4 Å². The van der Waals surface area contributed by atoms with Crippen molar-refractivity contribution in [3.63, 3.8) is 0 Å². The topological polar surface area (TPSA) is 123 Å². The Morgan fingerprint density at radius 3 is 2.43 bits per heavy atom. The third kappa shape index (κ3) is 5.95. The van der Waals surface area contributed by atoms with Crippen LogP contribution >= 0.6 is 0 Å². The Bertz CT molecular complexity index is 1410. The molecule has 0 radical (unpaired) electrons. The summed E-state index contributed by atoms with van der Waals surface area (Å²) in [5, 5.41) is 3.20. The lowest BCUT2D eigenvalue weighted by molar-refractivity contribution is -0.144. The predicted octanol–water partition coefficient (Wildman–Crippen LogP) is 3.21. The predicted molar refractivity (Wildman–Crippen MR) is 129 cm³/mol. The first-order valence-corrected chi connectivity index (χ1v) is 12.8. The smallest absolute Gasteiger partial charge is 0.336 e. The van der Waals surface area contributed by atoms with Gasteiger partial charge < -0.3 is 14.5 Å². The Hall–Kier alpha value is -3.50. The van der Waals surface area contributed by atoms with Gasteiger partial charge in [-0.05, 0) is 42.7 Å². The summed E-state index contributed by atoms with van der Waals surface area (Å²) in [6, 6.07) is 12.4. The van der Waals surface area contributed by atoms with E-state index in [1.807, 2.05) is 0 Å². The second kappa shape index (κ2) is 10.4. The van der Waals surface area contributed by atoms with E-state index in [0.717, 1.165) is 19.3 Å². The number of piperidine rings is 1. The van der Waals surface area contributed by atoms with Gasteiger partial charge in [0.15, 0.2) is 0 Å². The molecular formula is C25H26N2O7S. The van der Waals surface area contributed by atoms with Gasteiger partial charge in [-0.25, -0.2) is 13.2 Å². The minimum absolute atomic E-state index is 0.0455. The molecule has 35 heavy (non-hydrogen) atoms. The maximum atomic E-state index is 12.8. The molecule has 10 heteroatoms. The molecule has 1 fully saturated rings. The molecule has 1 N–H and O–H groups in total. The Kier molecular flexibility index (Phi) is 7.32. The molecule has 2 heterocycles. The quantitative estimate of drug-likeness (QED) is 0.392. The molecule has 2 aromatic carbocycles. The number of sulfonamides is 1. The number of nitrogens with one attached hydrogen (secondary N) is 1. The van der Waals surface area contributed by atoms with Gasteiger partial charge in [0.25, 0.3) is 0 Å². The van der Waals surface area contributed by atoms with E-state index in [1.54, 1.807) is 24.3 Å². The van der Waals surface area contributed by atoms with Crippen molar-refractivity contribution in [2.75, 3.05) is 18.4 Å². The number of hydrogen-bond donors (Lipinski definition) is 1. The number of benzene rings is 2. The van der Waals surface area contributed by atoms with Crippen molar-refractivity contribution >= 4 is 38.6 Å². The van der Waals surface area contributed by atoms with Crippen molar-refractivity contribution in [2.24, 2.45) is 0 Å². The molecule has 0 atom stereocenters. The van der Waals surface area contributed by atoms with Gasteiger partial charge in [0.05, 0.1) is 11.3 Å². The summed E-state index contributed by atoms with van der Waals surface area (Å²) >= 11 is 0. The number of fused-ring (bicyclic) bond motifs is 1. The van der Waals surface area contributed by atoms with Gasteiger partial charge in [0.1, 0.15) is 12.2 Å². The molecular weight excluding hydrogens is 472 g/mol. The molecule has 1 aliphatic heterocycles. The highest BCUT2D eigenvalue weighted by Gasteiger charge is 2.25. The SMILES string of the molecule is CC(=O)Nc1ccc2c(COC(=O)Cc3ccc(S(=O)(=O)N4CCCCC4)cc3)cc(=O)oc2c1. The van der Waals surface area contributed by atoms with E-state index in [2.05, 4.69) is 5.32 Å². The van der Waals surface area contributed by atoms with E-state index in [0.29, 0.717) is 35.3 Å². The van der Waals surface area contributed by atoms with Crippen LogP contribution in [0.3, 0.4) is 0 Å². The fraction of sp³-hybridized carbons (Fsp3) is 0.320. The molecule has 0 aliphatic carbocycles. The molecule has 184 valence electrons. The number of amides is 1. The molecule has 1 aromatic heterocycles. The summed E-state index contributed by atoms with van der Waals surface area (Å²) in [5.41, 5.74) is 1.23. The number of esters is 1. The molecule has 0 unspecified atom stereocenters. The third-order valence-corrected chi connectivity index (χ3v) is 7.68. The average molecular weight is 499 g/mol. The maximum absolute atomic E-state index is 12.8. The summed E-state index contributed by atoms with van der Waals surface area (Å²) in [6.45, 7) is 2.29. The normalized spacial score (nSPS) is 14.5. The molecule has 9 nitrogen and oxygen atoms in total. The van der Waals surface area contributed by atoms with Crippen molar-refractivity contribution in [3.05, 3.63) is 70.1 Å². The van der Waals surface area contributed by atoms with Crippen molar-refractivity contribution in [2.45, 2.75) is 44.1 Å². The zero-order valence-electron chi connectivity index (χ0n) is 19.3. The monoisotopic (exact) mass is 498 g/mol. The van der Waals surface area contributed by atoms with Crippen LogP contribution in [0, 0.1) is 0 Å². The molecule has 3 aromatic rings. The van der Waals surface area contributed by atoms with Gasteiger partial charge in [-0.1, -0.05) is 18.6 Å². The van der Waals surface area contributed by atoms with Crippen LogP contribution in [0.4, 0.5) is 5.69 Å². The fourth-order valence-corrected chi connectivity index (χ4v) is 5.56. The highest BCUT2D eigenvalue weighted by molar-refractivity contribution is 7.89. The minimum atomic E-state index is -3.53. The molecule has 0 spiro atoms. The van der Waals surface area contributed by atoms with Crippen molar-refractivity contribution in [1.82, 2.24) is 4.31 Å². The van der Waals surface area contributed by atoms with Crippen LogP contribution in [0.15, 0.2) is 62.6 Å². The Balaban J connectivity index is 1.41. The second-order valence-corrected chi connectivity index (χ2v) is 10.4. The number of ether oxygens (including phenoxy) is 1. The van der Waals surface area contributed by atoms with Crippen molar-refractivity contribution in [1.29, 1.82) is 0 Å². The van der Waals surface area contributed by atoms with Gasteiger partial charge in [0.2, 0.25) is 15.9 Å². The largest absolute Gasteiger partial charge is 0.461 e. The molecule has 1 amide bonds. The van der Waals surface area contributed by atoms with E-state index >= 15 is 0 Å². The number of nitrogens with zero attached hydrogens (tertiary/aromatic N) is 1. The van der Waals surface area contributed by atoms with E-state index in [-0.39, 0.29) is 29.4 Å². The Morgan fingerprint density at radius 1 is 1.03 bits per heavy atom. The molecule has 0 bridgehead atoms. The summed E-state index contributed by atoms with van der Waals surface area (Å²) in [6.07, 6.45) is 2.71. The van der Waals surface area contributed by atoms with Crippen LogP contribution in [-0.4, -0.2) is 37.7 Å². The maximum Gasteiger partial charge on any atom is 0.336 e. The van der Waals surface area contributed by atoms with Crippen LogP contribution < -0.4 is 10.9 Å². The zero-order valence-corrected chi connectivity index (χ0v) is 20.1. The Labute approximate surface area is 202 Å².